The van der Waals surface area contributed by atoms with Gasteiger partial charge in [0.2, 0.25) is 11.1 Å². The molecule has 5 rings (SSSR count). The van der Waals surface area contributed by atoms with E-state index in [1.165, 1.54) is 11.8 Å². The molecule has 2 aromatic carbocycles. The molecule has 1 N–H and O–H groups in total. The van der Waals surface area contributed by atoms with Crippen molar-refractivity contribution in [1.29, 1.82) is 0 Å². The molecule has 40 heavy (non-hydrogen) atoms. The quantitative estimate of drug-likeness (QED) is 0.236. The molecule has 1 atom stereocenters. The third-order valence-corrected chi connectivity index (χ3v) is 8.98. The average molecular weight is 646 g/mol. The lowest BCUT2D eigenvalue weighted by molar-refractivity contribution is -0.118. The lowest BCUT2D eigenvalue weighted by atomic mass is 9.73. The number of rotatable bonds is 9. The van der Waals surface area contributed by atoms with Gasteiger partial charge in [0.1, 0.15) is 6.04 Å². The molecule has 1 aliphatic heterocycles. The number of hydrogen-bond acceptors (Lipinski definition) is 7. The molecule has 1 aromatic heterocycles. The molecule has 0 saturated heterocycles. The highest BCUT2D eigenvalue weighted by molar-refractivity contribution is 9.10. The molecule has 10 heteroatoms. The van der Waals surface area contributed by atoms with Crippen LogP contribution in [0.25, 0.3) is 0 Å². The van der Waals surface area contributed by atoms with Crippen molar-refractivity contribution in [3.8, 4) is 11.5 Å². The SMILES string of the molecule is COc1cc(C2C3=C(CC(C)(C)CC3=O)Nc3nc(SCc4ccccc4Cl)nn32)cc(Br)c1OCCC(C)C. The average Bonchev–Trinajstić information content (AvgIpc) is 3.29. The van der Waals surface area contributed by atoms with Crippen molar-refractivity contribution in [1.82, 2.24) is 14.8 Å². The summed E-state index contributed by atoms with van der Waals surface area (Å²) in [4.78, 5) is 18.5. The van der Waals surface area contributed by atoms with Crippen LogP contribution in [0.5, 0.6) is 11.5 Å². The van der Waals surface area contributed by atoms with E-state index in [0.717, 1.165) is 39.7 Å². The summed E-state index contributed by atoms with van der Waals surface area (Å²) in [6.45, 7) is 9.17. The van der Waals surface area contributed by atoms with Crippen LogP contribution in [0.2, 0.25) is 5.02 Å². The minimum atomic E-state index is -0.452. The van der Waals surface area contributed by atoms with E-state index in [1.807, 2.05) is 41.1 Å². The summed E-state index contributed by atoms with van der Waals surface area (Å²) in [6, 6.07) is 11.3. The van der Waals surface area contributed by atoms with Gasteiger partial charge < -0.3 is 14.8 Å². The Morgan fingerprint density at radius 1 is 1.25 bits per heavy atom. The van der Waals surface area contributed by atoms with Crippen LogP contribution in [0, 0.1) is 11.3 Å². The summed E-state index contributed by atoms with van der Waals surface area (Å²) in [6.07, 6.45) is 2.15. The maximum atomic E-state index is 13.7. The molecule has 7 nitrogen and oxygen atoms in total. The monoisotopic (exact) mass is 644 g/mol. The van der Waals surface area contributed by atoms with E-state index in [0.29, 0.717) is 52.3 Å². The molecule has 0 fully saturated rings. The first-order chi connectivity index (χ1) is 19.1. The number of ketones is 1. The second-order valence-corrected chi connectivity index (χ2v) is 13.7. The van der Waals surface area contributed by atoms with Crippen LogP contribution in [0.1, 0.15) is 64.1 Å². The molecule has 0 spiro atoms. The van der Waals surface area contributed by atoms with Gasteiger partial charge in [-0.05, 0) is 69.4 Å². The first-order valence-corrected chi connectivity index (χ1v) is 15.6. The Morgan fingerprint density at radius 3 is 2.75 bits per heavy atom. The number of Topliss-reactive ketones (excluding diaryl/α,β-unsaturated/α-hetero) is 1. The molecular weight excluding hydrogens is 612 g/mol. The smallest absolute Gasteiger partial charge is 0.227 e. The fourth-order valence-corrected chi connectivity index (χ4v) is 6.84. The Labute approximate surface area is 253 Å². The van der Waals surface area contributed by atoms with Gasteiger partial charge in [-0.2, -0.15) is 4.98 Å². The number of anilines is 1. The predicted molar refractivity (Wildman–Crippen MR) is 163 cm³/mol. The number of benzene rings is 2. The Bertz CT molecular complexity index is 1470. The maximum Gasteiger partial charge on any atom is 0.227 e. The standard InChI is InChI=1S/C30H34BrClN4O3S/c1-17(2)10-11-39-27-20(31)12-19(13-24(27)38-5)26-25-22(14-30(3,4)15-23(25)37)33-28-34-29(35-36(26)28)40-16-18-8-6-7-9-21(18)32/h6-9,12-13,17,26H,10-11,14-16H2,1-5H3,(H,33,34,35). The summed E-state index contributed by atoms with van der Waals surface area (Å²) < 4.78 is 14.5. The zero-order chi connectivity index (χ0) is 28.6. The molecular formula is C30H34BrClN4O3S. The van der Waals surface area contributed by atoms with Crippen LogP contribution in [-0.4, -0.2) is 34.3 Å². The number of aromatic nitrogens is 3. The number of nitrogens with zero attached hydrogens (tertiary/aromatic N) is 3. The fraction of sp³-hybridized carbons (Fsp3) is 0.433. The number of hydrogen-bond donors (Lipinski definition) is 1. The Morgan fingerprint density at radius 2 is 2.02 bits per heavy atom. The molecule has 0 radical (unpaired) electrons. The first-order valence-electron chi connectivity index (χ1n) is 13.4. The number of halogens is 2. The van der Waals surface area contributed by atoms with Gasteiger partial charge >= 0.3 is 0 Å². The van der Waals surface area contributed by atoms with Crippen molar-refractivity contribution in [3.63, 3.8) is 0 Å². The third kappa shape index (κ3) is 6.06. The van der Waals surface area contributed by atoms with Crippen molar-refractivity contribution in [2.75, 3.05) is 19.0 Å². The number of nitrogens with one attached hydrogen (secondary N) is 1. The summed E-state index contributed by atoms with van der Waals surface area (Å²) in [5, 5.41) is 9.65. The third-order valence-electron chi connectivity index (χ3n) is 7.14. The Kier molecular flexibility index (Phi) is 8.55. The maximum absolute atomic E-state index is 13.7. The highest BCUT2D eigenvalue weighted by Gasteiger charge is 2.42. The molecule has 2 aliphatic rings. The second-order valence-electron chi connectivity index (χ2n) is 11.5. The van der Waals surface area contributed by atoms with E-state index in [4.69, 9.17) is 31.2 Å². The number of ether oxygens (including phenoxy) is 2. The van der Waals surface area contributed by atoms with E-state index in [9.17, 15) is 4.79 Å². The van der Waals surface area contributed by atoms with Gasteiger partial charge in [0.05, 0.1) is 18.2 Å². The van der Waals surface area contributed by atoms with E-state index in [1.54, 1.807) is 7.11 Å². The lowest BCUT2D eigenvalue weighted by Crippen LogP contribution is -2.36. The van der Waals surface area contributed by atoms with Crippen molar-refractivity contribution < 1.29 is 14.3 Å². The van der Waals surface area contributed by atoms with E-state index >= 15 is 0 Å². The zero-order valence-electron chi connectivity index (χ0n) is 23.4. The van der Waals surface area contributed by atoms with Crippen molar-refractivity contribution in [2.45, 2.75) is 63.9 Å². The summed E-state index contributed by atoms with van der Waals surface area (Å²) in [7, 11) is 1.63. The van der Waals surface area contributed by atoms with Gasteiger partial charge in [-0.25, -0.2) is 4.68 Å². The van der Waals surface area contributed by atoms with Gasteiger partial charge in [-0.1, -0.05) is 69.3 Å². The van der Waals surface area contributed by atoms with E-state index in [-0.39, 0.29) is 11.2 Å². The normalized spacial score (nSPS) is 17.9. The Hall–Kier alpha value is -2.49. The molecule has 212 valence electrons. The first kappa shape index (κ1) is 29.0. The second kappa shape index (κ2) is 11.8. The van der Waals surface area contributed by atoms with Gasteiger partial charge in [0.15, 0.2) is 17.3 Å². The molecule has 0 saturated carbocycles. The highest BCUT2D eigenvalue weighted by atomic mass is 79.9. The van der Waals surface area contributed by atoms with Crippen LogP contribution in [0.3, 0.4) is 0 Å². The summed E-state index contributed by atoms with van der Waals surface area (Å²) in [5.74, 6) is 3.15. The van der Waals surface area contributed by atoms with E-state index in [2.05, 4.69) is 48.9 Å². The van der Waals surface area contributed by atoms with Crippen LogP contribution in [0.4, 0.5) is 5.95 Å². The van der Waals surface area contributed by atoms with Crippen LogP contribution in [0.15, 0.2) is 57.3 Å². The van der Waals surface area contributed by atoms with Gasteiger partial charge in [0.25, 0.3) is 0 Å². The molecule has 0 bridgehead atoms. The number of allylic oxidation sites excluding steroid dienone is 2. The van der Waals surface area contributed by atoms with Crippen molar-refractivity contribution >= 4 is 51.0 Å². The summed E-state index contributed by atoms with van der Waals surface area (Å²) in [5.41, 5.74) is 3.37. The predicted octanol–water partition coefficient (Wildman–Crippen LogP) is 8.08. The fourth-order valence-electron chi connectivity index (χ4n) is 5.15. The number of thioether (sulfide) groups is 1. The van der Waals surface area contributed by atoms with E-state index < -0.39 is 6.04 Å². The molecule has 1 unspecified atom stereocenters. The summed E-state index contributed by atoms with van der Waals surface area (Å²) >= 11 is 11.6. The van der Waals surface area contributed by atoms with Gasteiger partial charge in [-0.15, -0.1) is 5.10 Å². The highest BCUT2D eigenvalue weighted by Crippen LogP contribution is 2.48. The number of fused-ring (bicyclic) bond motifs is 1. The molecule has 0 amide bonds. The Balaban J connectivity index is 1.54. The van der Waals surface area contributed by atoms with Crippen LogP contribution in [-0.2, 0) is 10.5 Å². The minimum Gasteiger partial charge on any atom is -0.493 e. The number of methoxy groups -OCH3 is 1. The van der Waals surface area contributed by atoms with Crippen LogP contribution < -0.4 is 14.8 Å². The molecule has 1 aliphatic carbocycles. The molecule has 2 heterocycles. The zero-order valence-corrected chi connectivity index (χ0v) is 26.5. The lowest BCUT2D eigenvalue weighted by Gasteiger charge is -2.38. The van der Waals surface area contributed by atoms with Crippen molar-refractivity contribution in [2.24, 2.45) is 11.3 Å². The topological polar surface area (TPSA) is 78.3 Å². The largest absolute Gasteiger partial charge is 0.493 e. The van der Waals surface area contributed by atoms with Crippen molar-refractivity contribution in [3.05, 3.63) is 68.3 Å². The van der Waals surface area contributed by atoms with Gasteiger partial charge in [-0.3, -0.25) is 4.79 Å². The number of carbonyl (C=O) groups excluding carboxylic acids is 1. The van der Waals surface area contributed by atoms with Gasteiger partial charge in [0, 0.05) is 28.5 Å². The molecule has 3 aromatic rings. The number of carbonyl (C=O) groups is 1. The minimum absolute atomic E-state index is 0.113. The van der Waals surface area contributed by atoms with Crippen LogP contribution >= 0.6 is 39.3 Å².